The largest absolute Gasteiger partial charge is 0.497 e. The van der Waals surface area contributed by atoms with E-state index in [9.17, 15) is 4.79 Å². The molecule has 0 heterocycles. The molecule has 0 radical (unpaired) electrons. The maximum atomic E-state index is 11.9. The van der Waals surface area contributed by atoms with Crippen LogP contribution in [0.25, 0.3) is 0 Å². The van der Waals surface area contributed by atoms with Crippen molar-refractivity contribution in [2.24, 2.45) is 0 Å². The molecule has 1 aromatic carbocycles. The van der Waals surface area contributed by atoms with Crippen molar-refractivity contribution in [3.05, 3.63) is 29.8 Å². The van der Waals surface area contributed by atoms with Crippen LogP contribution < -0.4 is 10.1 Å². The number of benzene rings is 1. The highest BCUT2D eigenvalue weighted by atomic mass is 16.5. The van der Waals surface area contributed by atoms with Crippen molar-refractivity contribution in [3.63, 3.8) is 0 Å². The van der Waals surface area contributed by atoms with Gasteiger partial charge in [-0.15, -0.1) is 0 Å². The van der Waals surface area contributed by atoms with E-state index < -0.39 is 0 Å². The van der Waals surface area contributed by atoms with Gasteiger partial charge in [-0.25, -0.2) is 0 Å². The summed E-state index contributed by atoms with van der Waals surface area (Å²) in [5.74, 6) is 0.525. The number of amides is 1. The minimum Gasteiger partial charge on any atom is -0.497 e. The van der Waals surface area contributed by atoms with E-state index in [1.54, 1.807) is 31.4 Å². The van der Waals surface area contributed by atoms with E-state index in [1.165, 1.54) is 0 Å². The SMILES string of the molecule is CCC(CCO)NC(=O)c1cccc(OC)c1. The lowest BCUT2D eigenvalue weighted by molar-refractivity contribution is 0.0929. The van der Waals surface area contributed by atoms with Gasteiger partial charge in [-0.05, 0) is 31.0 Å². The normalized spacial score (nSPS) is 11.9. The number of methoxy groups -OCH3 is 1. The van der Waals surface area contributed by atoms with Gasteiger partial charge >= 0.3 is 0 Å². The highest BCUT2D eigenvalue weighted by Gasteiger charge is 2.11. The Bertz CT molecular complexity index is 365. The fraction of sp³-hybridized carbons (Fsp3) is 0.462. The van der Waals surface area contributed by atoms with Gasteiger partial charge in [0, 0.05) is 18.2 Å². The molecule has 2 N–H and O–H groups in total. The molecule has 1 amide bonds. The quantitative estimate of drug-likeness (QED) is 0.790. The number of nitrogens with one attached hydrogen (secondary N) is 1. The number of carbonyl (C=O) groups excluding carboxylic acids is 1. The summed E-state index contributed by atoms with van der Waals surface area (Å²) in [6.45, 7) is 2.06. The fourth-order valence-corrected chi connectivity index (χ4v) is 1.57. The van der Waals surface area contributed by atoms with E-state index in [-0.39, 0.29) is 18.6 Å². The number of hydrogen-bond donors (Lipinski definition) is 2. The second kappa shape index (κ2) is 6.91. The lowest BCUT2D eigenvalue weighted by Crippen LogP contribution is -2.35. The second-order valence-electron chi connectivity index (χ2n) is 3.82. The molecule has 0 aliphatic carbocycles. The van der Waals surface area contributed by atoms with Crippen molar-refractivity contribution >= 4 is 5.91 Å². The zero-order valence-corrected chi connectivity index (χ0v) is 10.3. The molecule has 1 unspecified atom stereocenters. The first-order valence-electron chi connectivity index (χ1n) is 5.77. The number of ether oxygens (including phenoxy) is 1. The number of carbonyl (C=O) groups is 1. The summed E-state index contributed by atoms with van der Waals surface area (Å²) in [5, 5.41) is 11.7. The summed E-state index contributed by atoms with van der Waals surface area (Å²) in [7, 11) is 1.57. The van der Waals surface area contributed by atoms with Gasteiger partial charge in [0.25, 0.3) is 5.91 Å². The van der Waals surface area contributed by atoms with Crippen LogP contribution in [-0.2, 0) is 0 Å². The zero-order chi connectivity index (χ0) is 12.7. The third kappa shape index (κ3) is 4.07. The van der Waals surface area contributed by atoms with E-state index in [0.717, 1.165) is 6.42 Å². The van der Waals surface area contributed by atoms with Crippen molar-refractivity contribution in [1.82, 2.24) is 5.32 Å². The van der Waals surface area contributed by atoms with Gasteiger partial charge in [-0.2, -0.15) is 0 Å². The molecular weight excluding hydrogens is 218 g/mol. The molecule has 0 aliphatic heterocycles. The Balaban J connectivity index is 2.68. The average Bonchev–Trinajstić information content (AvgIpc) is 2.38. The molecule has 0 fully saturated rings. The molecule has 4 nitrogen and oxygen atoms in total. The molecule has 94 valence electrons. The van der Waals surface area contributed by atoms with E-state index in [2.05, 4.69) is 5.32 Å². The standard InChI is InChI=1S/C13H19NO3/c1-3-11(7-8-15)14-13(16)10-5-4-6-12(9-10)17-2/h4-6,9,11,15H,3,7-8H2,1-2H3,(H,14,16). The van der Waals surface area contributed by atoms with Crippen LogP contribution in [0.4, 0.5) is 0 Å². The van der Waals surface area contributed by atoms with Gasteiger partial charge < -0.3 is 15.2 Å². The Hall–Kier alpha value is -1.55. The minimum atomic E-state index is -0.135. The van der Waals surface area contributed by atoms with Gasteiger partial charge in [0.15, 0.2) is 0 Å². The number of hydrogen-bond acceptors (Lipinski definition) is 3. The molecule has 17 heavy (non-hydrogen) atoms. The van der Waals surface area contributed by atoms with E-state index >= 15 is 0 Å². The summed E-state index contributed by atoms with van der Waals surface area (Å²) in [4.78, 5) is 11.9. The third-order valence-electron chi connectivity index (χ3n) is 2.64. The van der Waals surface area contributed by atoms with Gasteiger partial charge in [0.05, 0.1) is 7.11 Å². The van der Waals surface area contributed by atoms with Crippen molar-refractivity contribution < 1.29 is 14.6 Å². The molecule has 1 aromatic rings. The topological polar surface area (TPSA) is 58.6 Å². The number of aliphatic hydroxyl groups is 1. The smallest absolute Gasteiger partial charge is 0.251 e. The van der Waals surface area contributed by atoms with Crippen LogP contribution in [0.5, 0.6) is 5.75 Å². The van der Waals surface area contributed by atoms with Gasteiger partial charge in [-0.3, -0.25) is 4.79 Å². The predicted molar refractivity (Wildman–Crippen MR) is 66.2 cm³/mol. The second-order valence-corrected chi connectivity index (χ2v) is 3.82. The average molecular weight is 237 g/mol. The van der Waals surface area contributed by atoms with Gasteiger partial charge in [0.2, 0.25) is 0 Å². The molecule has 1 atom stereocenters. The molecular formula is C13H19NO3. The molecule has 0 bridgehead atoms. The lowest BCUT2D eigenvalue weighted by Gasteiger charge is -2.15. The molecule has 0 aliphatic rings. The van der Waals surface area contributed by atoms with Crippen LogP contribution >= 0.6 is 0 Å². The zero-order valence-electron chi connectivity index (χ0n) is 10.3. The Morgan fingerprint density at radius 3 is 2.88 bits per heavy atom. The van der Waals surface area contributed by atoms with Crippen LogP contribution in [0.1, 0.15) is 30.1 Å². The summed E-state index contributed by atoms with van der Waals surface area (Å²) >= 11 is 0. The molecule has 0 saturated heterocycles. The number of aliphatic hydroxyl groups excluding tert-OH is 1. The monoisotopic (exact) mass is 237 g/mol. The molecule has 0 saturated carbocycles. The third-order valence-corrected chi connectivity index (χ3v) is 2.64. The van der Waals surface area contributed by atoms with Crippen LogP contribution in [0.15, 0.2) is 24.3 Å². The Morgan fingerprint density at radius 1 is 1.53 bits per heavy atom. The summed E-state index contributed by atoms with van der Waals surface area (Å²) in [6.07, 6.45) is 1.38. The van der Waals surface area contributed by atoms with E-state index in [1.807, 2.05) is 6.92 Å². The van der Waals surface area contributed by atoms with Crippen molar-refractivity contribution in [3.8, 4) is 5.75 Å². The fourth-order valence-electron chi connectivity index (χ4n) is 1.57. The summed E-state index contributed by atoms with van der Waals surface area (Å²) in [5.41, 5.74) is 0.570. The maximum absolute atomic E-state index is 11.9. The molecule has 4 heteroatoms. The molecule has 0 aromatic heterocycles. The van der Waals surface area contributed by atoms with Crippen LogP contribution in [0, 0.1) is 0 Å². The summed E-state index contributed by atoms with van der Waals surface area (Å²) in [6, 6.07) is 7.02. The van der Waals surface area contributed by atoms with Crippen LogP contribution in [0.2, 0.25) is 0 Å². The first kappa shape index (κ1) is 13.5. The predicted octanol–water partition coefficient (Wildman–Crippen LogP) is 1.59. The molecule has 0 spiro atoms. The lowest BCUT2D eigenvalue weighted by atomic mass is 10.1. The highest BCUT2D eigenvalue weighted by molar-refractivity contribution is 5.94. The van der Waals surface area contributed by atoms with E-state index in [0.29, 0.717) is 17.7 Å². The number of rotatable bonds is 6. The summed E-state index contributed by atoms with van der Waals surface area (Å²) < 4.78 is 5.06. The van der Waals surface area contributed by atoms with Gasteiger partial charge in [0.1, 0.15) is 5.75 Å². The first-order valence-corrected chi connectivity index (χ1v) is 5.77. The highest BCUT2D eigenvalue weighted by Crippen LogP contribution is 2.12. The van der Waals surface area contributed by atoms with Gasteiger partial charge in [-0.1, -0.05) is 13.0 Å². The van der Waals surface area contributed by atoms with Crippen molar-refractivity contribution in [2.45, 2.75) is 25.8 Å². The maximum Gasteiger partial charge on any atom is 0.251 e. The van der Waals surface area contributed by atoms with Crippen molar-refractivity contribution in [1.29, 1.82) is 0 Å². The minimum absolute atomic E-state index is 0.0127. The van der Waals surface area contributed by atoms with Crippen LogP contribution in [-0.4, -0.2) is 30.8 Å². The van der Waals surface area contributed by atoms with Crippen LogP contribution in [0.3, 0.4) is 0 Å². The Morgan fingerprint density at radius 2 is 2.29 bits per heavy atom. The Labute approximate surface area is 102 Å². The Kier molecular flexibility index (Phi) is 5.49. The van der Waals surface area contributed by atoms with Crippen molar-refractivity contribution in [2.75, 3.05) is 13.7 Å². The van der Waals surface area contributed by atoms with E-state index in [4.69, 9.17) is 9.84 Å². The molecule has 1 rings (SSSR count). The first-order chi connectivity index (χ1) is 8.21.